The standard InChI is InChI=1S/C32H50NO10P/c1-3-5-6-7-8-9-10-11-12-13-14-15-16-17-18-19-20-21-22-24-30(35)33-29(32(37)38)27-43-44(39,40)42-26-28(34)25-41-31(36)23-4-2/h5-6,8-9,11-12,14-15,17-18,20-21,28-29,34H,3-4,7,10,13,16,19,22-27H2,1-2H3,(H,33,35)(H,37,38)(H,39,40)/b6-5-,9-8-,12-11-,15-14-,18-17-,21-20-. The second-order valence-corrected chi connectivity index (χ2v) is 11.0. The Labute approximate surface area is 261 Å². The summed E-state index contributed by atoms with van der Waals surface area (Å²) in [5.74, 6) is -2.57. The van der Waals surface area contributed by atoms with Crippen LogP contribution in [0.5, 0.6) is 0 Å². The summed E-state index contributed by atoms with van der Waals surface area (Å²) in [6.45, 7) is 1.93. The smallest absolute Gasteiger partial charge is 0.472 e. The van der Waals surface area contributed by atoms with E-state index in [4.69, 9.17) is 4.74 Å². The van der Waals surface area contributed by atoms with Gasteiger partial charge in [-0.2, -0.15) is 0 Å². The van der Waals surface area contributed by atoms with Crippen molar-refractivity contribution in [3.8, 4) is 0 Å². The number of allylic oxidation sites excluding steroid dienone is 12. The van der Waals surface area contributed by atoms with E-state index in [2.05, 4.69) is 69.9 Å². The molecule has 3 atom stereocenters. The number of aliphatic carboxylic acids is 1. The SMILES string of the molecule is CC/C=C\C/C=C\C/C=C\C/C=C\C/C=C\C/C=C\CCC(=O)NC(COP(=O)(O)OCC(O)COC(=O)CCC)C(=O)O. The van der Waals surface area contributed by atoms with Crippen LogP contribution in [0.4, 0.5) is 0 Å². The number of carbonyl (C=O) groups is 3. The first-order chi connectivity index (χ1) is 21.1. The zero-order valence-corrected chi connectivity index (χ0v) is 26.8. The van der Waals surface area contributed by atoms with Gasteiger partial charge in [-0.1, -0.05) is 86.8 Å². The van der Waals surface area contributed by atoms with Crippen molar-refractivity contribution < 1.29 is 47.8 Å². The van der Waals surface area contributed by atoms with E-state index in [-0.39, 0.29) is 12.8 Å². The molecule has 3 unspecified atom stereocenters. The summed E-state index contributed by atoms with van der Waals surface area (Å²) >= 11 is 0. The van der Waals surface area contributed by atoms with Gasteiger partial charge in [0, 0.05) is 12.8 Å². The van der Waals surface area contributed by atoms with Crippen LogP contribution in [0.2, 0.25) is 0 Å². The van der Waals surface area contributed by atoms with Crippen LogP contribution >= 0.6 is 7.82 Å². The lowest BCUT2D eigenvalue weighted by molar-refractivity contribution is -0.147. The molecular weight excluding hydrogens is 589 g/mol. The van der Waals surface area contributed by atoms with Crippen molar-refractivity contribution in [2.24, 2.45) is 0 Å². The third kappa shape index (κ3) is 26.5. The average Bonchev–Trinajstić information content (AvgIpc) is 2.98. The van der Waals surface area contributed by atoms with Gasteiger partial charge in [-0.05, 0) is 51.4 Å². The quantitative estimate of drug-likeness (QED) is 0.0510. The summed E-state index contributed by atoms with van der Waals surface area (Å²) in [6, 6.07) is -1.59. The number of phosphoric acid groups is 1. The van der Waals surface area contributed by atoms with Crippen LogP contribution < -0.4 is 5.32 Å². The van der Waals surface area contributed by atoms with Gasteiger partial charge in [0.05, 0.1) is 13.2 Å². The summed E-state index contributed by atoms with van der Waals surface area (Å²) in [7, 11) is -4.74. The minimum Gasteiger partial charge on any atom is -0.480 e. The predicted octanol–water partition coefficient (Wildman–Crippen LogP) is 5.87. The minimum absolute atomic E-state index is 0.0160. The number of carbonyl (C=O) groups excluding carboxylic acids is 2. The summed E-state index contributed by atoms with van der Waals surface area (Å²) in [5, 5.41) is 21.2. The molecule has 11 nitrogen and oxygen atoms in total. The first-order valence-electron chi connectivity index (χ1n) is 15.0. The molecule has 0 radical (unpaired) electrons. The lowest BCUT2D eigenvalue weighted by Gasteiger charge is -2.18. The molecule has 0 rings (SSSR count). The van der Waals surface area contributed by atoms with Crippen molar-refractivity contribution in [3.05, 3.63) is 72.9 Å². The third-order valence-electron chi connectivity index (χ3n) is 5.49. The highest BCUT2D eigenvalue weighted by molar-refractivity contribution is 7.47. The monoisotopic (exact) mass is 639 g/mol. The second kappa shape index (κ2) is 27.5. The number of hydrogen-bond acceptors (Lipinski definition) is 8. The van der Waals surface area contributed by atoms with Crippen molar-refractivity contribution >= 4 is 25.7 Å². The molecule has 0 saturated carbocycles. The fraction of sp³-hybridized carbons (Fsp3) is 0.531. The normalized spacial score (nSPS) is 15.2. The van der Waals surface area contributed by atoms with Crippen LogP contribution in [0.15, 0.2) is 72.9 Å². The number of esters is 1. The molecule has 12 heteroatoms. The van der Waals surface area contributed by atoms with Crippen molar-refractivity contribution in [1.29, 1.82) is 0 Å². The fourth-order valence-corrected chi connectivity index (χ4v) is 3.97. The molecule has 248 valence electrons. The summed E-state index contributed by atoms with van der Waals surface area (Å²) in [5.41, 5.74) is 0. The van der Waals surface area contributed by atoms with Gasteiger partial charge in [-0.15, -0.1) is 0 Å². The number of amides is 1. The van der Waals surface area contributed by atoms with Gasteiger partial charge in [0.1, 0.15) is 12.7 Å². The molecule has 44 heavy (non-hydrogen) atoms. The van der Waals surface area contributed by atoms with Crippen molar-refractivity contribution in [1.82, 2.24) is 5.32 Å². The summed E-state index contributed by atoms with van der Waals surface area (Å²) in [6.07, 6.45) is 30.1. The molecule has 0 heterocycles. The zero-order valence-electron chi connectivity index (χ0n) is 25.9. The molecular formula is C32H50NO10P. The van der Waals surface area contributed by atoms with Crippen LogP contribution in [0.25, 0.3) is 0 Å². The topological polar surface area (TPSA) is 169 Å². The van der Waals surface area contributed by atoms with E-state index in [1.54, 1.807) is 6.92 Å². The molecule has 0 fully saturated rings. The molecule has 0 aliphatic rings. The lowest BCUT2D eigenvalue weighted by Crippen LogP contribution is -2.43. The Morgan fingerprint density at radius 1 is 0.727 bits per heavy atom. The van der Waals surface area contributed by atoms with Gasteiger partial charge in [0.25, 0.3) is 0 Å². The van der Waals surface area contributed by atoms with Gasteiger partial charge in [-0.3, -0.25) is 18.6 Å². The van der Waals surface area contributed by atoms with E-state index >= 15 is 0 Å². The van der Waals surface area contributed by atoms with E-state index in [0.717, 1.165) is 32.1 Å². The van der Waals surface area contributed by atoms with Gasteiger partial charge in [0.15, 0.2) is 6.04 Å². The predicted molar refractivity (Wildman–Crippen MR) is 171 cm³/mol. The van der Waals surface area contributed by atoms with E-state index in [1.165, 1.54) is 0 Å². The van der Waals surface area contributed by atoms with E-state index in [9.17, 15) is 34.1 Å². The molecule has 0 saturated heterocycles. The Bertz CT molecular complexity index is 1030. The minimum atomic E-state index is -4.74. The highest BCUT2D eigenvalue weighted by Crippen LogP contribution is 2.43. The van der Waals surface area contributed by atoms with E-state index in [1.807, 2.05) is 24.3 Å². The molecule has 4 N–H and O–H groups in total. The molecule has 0 aromatic rings. The van der Waals surface area contributed by atoms with Gasteiger partial charge >= 0.3 is 19.8 Å². The molecule has 0 spiro atoms. The molecule has 0 aromatic carbocycles. The maximum absolute atomic E-state index is 12.1. The van der Waals surface area contributed by atoms with Crippen LogP contribution in [0, 0.1) is 0 Å². The number of ether oxygens (including phenoxy) is 1. The number of aliphatic hydroxyl groups excluding tert-OH is 1. The number of hydrogen-bond donors (Lipinski definition) is 4. The third-order valence-corrected chi connectivity index (χ3v) is 6.44. The Hall–Kier alpha value is -3.08. The van der Waals surface area contributed by atoms with Crippen LogP contribution in [-0.4, -0.2) is 64.9 Å². The number of aliphatic hydroxyl groups is 1. The molecule has 0 aromatic heterocycles. The van der Waals surface area contributed by atoms with Crippen LogP contribution in [0.3, 0.4) is 0 Å². The maximum Gasteiger partial charge on any atom is 0.472 e. The van der Waals surface area contributed by atoms with E-state index in [0.29, 0.717) is 19.3 Å². The van der Waals surface area contributed by atoms with Crippen LogP contribution in [0.1, 0.15) is 78.1 Å². The number of phosphoric ester groups is 1. The largest absolute Gasteiger partial charge is 0.480 e. The Kier molecular flexibility index (Phi) is 25.5. The average molecular weight is 640 g/mol. The number of carboxylic acid groups (broad SMARTS) is 1. The van der Waals surface area contributed by atoms with E-state index < -0.39 is 57.6 Å². The lowest BCUT2D eigenvalue weighted by atomic mass is 10.2. The first kappa shape index (κ1) is 40.9. The van der Waals surface area contributed by atoms with Crippen molar-refractivity contribution in [2.75, 3.05) is 19.8 Å². The molecule has 0 bridgehead atoms. The second-order valence-electron chi connectivity index (χ2n) is 9.56. The Balaban J connectivity index is 4.16. The summed E-state index contributed by atoms with van der Waals surface area (Å²) < 4.78 is 26.0. The molecule has 0 aliphatic carbocycles. The Morgan fingerprint density at radius 3 is 1.68 bits per heavy atom. The highest BCUT2D eigenvalue weighted by atomic mass is 31.2. The maximum atomic E-state index is 12.1. The van der Waals surface area contributed by atoms with Gasteiger partial charge < -0.3 is 25.2 Å². The Morgan fingerprint density at radius 2 is 1.20 bits per heavy atom. The molecule has 0 aliphatic heterocycles. The van der Waals surface area contributed by atoms with Crippen LogP contribution in [-0.2, 0) is 32.7 Å². The van der Waals surface area contributed by atoms with Gasteiger partial charge in [0.2, 0.25) is 5.91 Å². The zero-order chi connectivity index (χ0) is 32.9. The highest BCUT2D eigenvalue weighted by Gasteiger charge is 2.28. The first-order valence-corrected chi connectivity index (χ1v) is 16.5. The number of nitrogens with one attached hydrogen (secondary N) is 1. The summed E-state index contributed by atoms with van der Waals surface area (Å²) in [4.78, 5) is 44.6. The fourth-order valence-electron chi connectivity index (χ4n) is 3.19. The number of rotatable bonds is 26. The van der Waals surface area contributed by atoms with Gasteiger partial charge in [-0.25, -0.2) is 9.36 Å². The molecule has 1 amide bonds. The van der Waals surface area contributed by atoms with Crippen molar-refractivity contribution in [2.45, 2.75) is 90.2 Å². The van der Waals surface area contributed by atoms with Crippen molar-refractivity contribution in [3.63, 3.8) is 0 Å². The number of carboxylic acids is 1.